The summed E-state index contributed by atoms with van der Waals surface area (Å²) in [7, 11) is 0. The number of benzene rings is 1. The van der Waals surface area contributed by atoms with Crippen molar-refractivity contribution in [1.29, 1.82) is 0 Å². The van der Waals surface area contributed by atoms with Gasteiger partial charge in [-0.05, 0) is 24.6 Å². The van der Waals surface area contributed by atoms with E-state index >= 15 is 0 Å². The molecule has 0 amide bonds. The molecular formula is C10H11FN4. The van der Waals surface area contributed by atoms with Crippen molar-refractivity contribution in [3.63, 3.8) is 0 Å². The first-order chi connectivity index (χ1) is 7.16. The van der Waals surface area contributed by atoms with Crippen molar-refractivity contribution in [2.24, 2.45) is 0 Å². The summed E-state index contributed by atoms with van der Waals surface area (Å²) in [5.41, 5.74) is 7.18. The van der Waals surface area contributed by atoms with Gasteiger partial charge in [0.2, 0.25) is 0 Å². The molecule has 0 saturated heterocycles. The van der Waals surface area contributed by atoms with Gasteiger partial charge in [0.05, 0.1) is 12.2 Å². The van der Waals surface area contributed by atoms with Crippen molar-refractivity contribution in [1.82, 2.24) is 15.0 Å². The molecule has 0 unspecified atom stereocenters. The molecule has 5 heteroatoms. The van der Waals surface area contributed by atoms with Gasteiger partial charge in [-0.15, -0.1) is 5.10 Å². The molecule has 0 fully saturated rings. The van der Waals surface area contributed by atoms with Crippen LogP contribution in [0.4, 0.5) is 10.2 Å². The molecule has 0 atom stereocenters. The zero-order valence-corrected chi connectivity index (χ0v) is 8.31. The number of hydrogen-bond donors (Lipinski definition) is 1. The maximum atomic E-state index is 12.9. The number of nitrogen functional groups attached to an aromatic ring is 1. The monoisotopic (exact) mass is 206 g/mol. The highest BCUT2D eigenvalue weighted by molar-refractivity contribution is 5.31. The van der Waals surface area contributed by atoms with Crippen LogP contribution >= 0.6 is 0 Å². The minimum absolute atomic E-state index is 0.252. The first-order valence-corrected chi connectivity index (χ1v) is 4.57. The minimum Gasteiger partial charge on any atom is -0.381 e. The third kappa shape index (κ3) is 1.96. The van der Waals surface area contributed by atoms with Crippen LogP contribution in [-0.4, -0.2) is 15.0 Å². The molecule has 1 heterocycles. The first kappa shape index (κ1) is 9.64. The summed E-state index contributed by atoms with van der Waals surface area (Å²) in [4.78, 5) is 0. The van der Waals surface area contributed by atoms with Gasteiger partial charge in [-0.25, -0.2) is 9.07 Å². The smallest absolute Gasteiger partial charge is 0.168 e. The zero-order valence-electron chi connectivity index (χ0n) is 8.31. The van der Waals surface area contributed by atoms with Crippen LogP contribution in [0.3, 0.4) is 0 Å². The van der Waals surface area contributed by atoms with E-state index in [9.17, 15) is 4.39 Å². The molecule has 0 aliphatic heterocycles. The van der Waals surface area contributed by atoms with Gasteiger partial charge >= 0.3 is 0 Å². The van der Waals surface area contributed by atoms with Crippen LogP contribution in [0, 0.1) is 12.7 Å². The van der Waals surface area contributed by atoms with Gasteiger partial charge in [-0.3, -0.25) is 0 Å². The lowest BCUT2D eigenvalue weighted by molar-refractivity contribution is 0.609. The lowest BCUT2D eigenvalue weighted by Crippen LogP contribution is -2.04. The normalized spacial score (nSPS) is 10.5. The van der Waals surface area contributed by atoms with E-state index in [4.69, 9.17) is 5.73 Å². The van der Waals surface area contributed by atoms with Crippen LogP contribution in [0.15, 0.2) is 24.3 Å². The number of nitrogens with two attached hydrogens (primary N) is 1. The average molecular weight is 206 g/mol. The molecule has 2 N–H and O–H groups in total. The largest absolute Gasteiger partial charge is 0.381 e. The standard InChI is InChI=1S/C10H11FN4/c1-7-10(12)13-14-15(7)6-8-3-2-4-9(11)5-8/h2-5H,6,12H2,1H3. The van der Waals surface area contributed by atoms with Crippen LogP contribution < -0.4 is 5.73 Å². The van der Waals surface area contributed by atoms with Crippen LogP contribution in [0.25, 0.3) is 0 Å². The molecule has 0 saturated carbocycles. The van der Waals surface area contributed by atoms with Gasteiger partial charge in [-0.2, -0.15) is 0 Å². The van der Waals surface area contributed by atoms with E-state index in [1.807, 2.05) is 13.0 Å². The Morgan fingerprint density at radius 2 is 2.27 bits per heavy atom. The van der Waals surface area contributed by atoms with E-state index < -0.39 is 0 Å². The number of halogens is 1. The van der Waals surface area contributed by atoms with E-state index in [2.05, 4.69) is 10.3 Å². The molecule has 2 aromatic rings. The number of nitrogens with zero attached hydrogens (tertiary/aromatic N) is 3. The van der Waals surface area contributed by atoms with E-state index in [0.29, 0.717) is 12.4 Å². The molecule has 15 heavy (non-hydrogen) atoms. The Morgan fingerprint density at radius 3 is 2.87 bits per heavy atom. The predicted octanol–water partition coefficient (Wildman–Crippen LogP) is 1.36. The van der Waals surface area contributed by atoms with Gasteiger partial charge in [0, 0.05) is 0 Å². The third-order valence-electron chi connectivity index (χ3n) is 2.24. The Balaban J connectivity index is 2.26. The maximum absolute atomic E-state index is 12.9. The molecule has 1 aromatic heterocycles. The van der Waals surface area contributed by atoms with Crippen LogP contribution in [0.5, 0.6) is 0 Å². The highest BCUT2D eigenvalue weighted by atomic mass is 19.1. The van der Waals surface area contributed by atoms with Gasteiger partial charge < -0.3 is 5.73 Å². The maximum Gasteiger partial charge on any atom is 0.168 e. The van der Waals surface area contributed by atoms with Crippen LogP contribution in [0.2, 0.25) is 0 Å². The second kappa shape index (κ2) is 3.68. The Hall–Kier alpha value is -1.91. The second-order valence-electron chi connectivity index (χ2n) is 3.35. The Bertz CT molecular complexity index is 478. The Morgan fingerprint density at radius 1 is 1.47 bits per heavy atom. The molecule has 1 aromatic carbocycles. The minimum atomic E-state index is -0.252. The lowest BCUT2D eigenvalue weighted by atomic mass is 10.2. The van der Waals surface area contributed by atoms with E-state index in [1.54, 1.807) is 10.7 Å². The zero-order chi connectivity index (χ0) is 10.8. The molecule has 0 bridgehead atoms. The van der Waals surface area contributed by atoms with E-state index in [1.165, 1.54) is 12.1 Å². The molecule has 0 aliphatic carbocycles. The molecule has 4 nitrogen and oxygen atoms in total. The van der Waals surface area contributed by atoms with Crippen LogP contribution in [-0.2, 0) is 6.54 Å². The number of hydrogen-bond acceptors (Lipinski definition) is 3. The SMILES string of the molecule is Cc1c(N)nnn1Cc1cccc(F)c1. The lowest BCUT2D eigenvalue weighted by Gasteiger charge is -2.03. The Kier molecular flexibility index (Phi) is 2.37. The summed E-state index contributed by atoms with van der Waals surface area (Å²) in [5, 5.41) is 7.59. The average Bonchev–Trinajstić information content (AvgIpc) is 2.50. The topological polar surface area (TPSA) is 56.7 Å². The summed E-state index contributed by atoms with van der Waals surface area (Å²) in [5.74, 6) is 0.157. The molecule has 2 rings (SSSR count). The summed E-state index contributed by atoms with van der Waals surface area (Å²) in [6.07, 6.45) is 0. The van der Waals surface area contributed by atoms with Crippen molar-refractivity contribution < 1.29 is 4.39 Å². The Labute approximate surface area is 86.5 Å². The third-order valence-corrected chi connectivity index (χ3v) is 2.24. The van der Waals surface area contributed by atoms with Gasteiger partial charge in [0.25, 0.3) is 0 Å². The first-order valence-electron chi connectivity index (χ1n) is 4.57. The molecule has 78 valence electrons. The van der Waals surface area contributed by atoms with E-state index in [-0.39, 0.29) is 5.82 Å². The molecule has 0 spiro atoms. The number of aromatic nitrogens is 3. The van der Waals surface area contributed by atoms with Crippen LogP contribution in [0.1, 0.15) is 11.3 Å². The van der Waals surface area contributed by atoms with Crippen molar-refractivity contribution >= 4 is 5.82 Å². The number of anilines is 1. The highest BCUT2D eigenvalue weighted by Crippen LogP contribution is 2.09. The molecule has 0 aliphatic rings. The van der Waals surface area contributed by atoms with Crippen molar-refractivity contribution in [3.05, 3.63) is 41.3 Å². The van der Waals surface area contributed by atoms with E-state index in [0.717, 1.165) is 11.3 Å². The predicted molar refractivity (Wildman–Crippen MR) is 54.7 cm³/mol. The summed E-state index contributed by atoms with van der Waals surface area (Å²) in [6.45, 7) is 2.31. The summed E-state index contributed by atoms with van der Waals surface area (Å²) >= 11 is 0. The molecule has 0 radical (unpaired) electrons. The van der Waals surface area contributed by atoms with Gasteiger partial charge in [0.15, 0.2) is 5.82 Å². The quantitative estimate of drug-likeness (QED) is 0.807. The molecular weight excluding hydrogens is 195 g/mol. The van der Waals surface area contributed by atoms with Gasteiger partial charge in [0.1, 0.15) is 5.82 Å². The fourth-order valence-corrected chi connectivity index (χ4v) is 1.33. The highest BCUT2D eigenvalue weighted by Gasteiger charge is 2.05. The summed E-state index contributed by atoms with van der Waals surface area (Å²) < 4.78 is 14.5. The fourth-order valence-electron chi connectivity index (χ4n) is 1.33. The van der Waals surface area contributed by atoms with Crippen molar-refractivity contribution in [2.45, 2.75) is 13.5 Å². The summed E-state index contributed by atoms with van der Waals surface area (Å²) in [6, 6.07) is 6.38. The van der Waals surface area contributed by atoms with Crippen molar-refractivity contribution in [3.8, 4) is 0 Å². The number of rotatable bonds is 2. The van der Waals surface area contributed by atoms with Crippen molar-refractivity contribution in [2.75, 3.05) is 5.73 Å². The fraction of sp³-hybridized carbons (Fsp3) is 0.200. The second-order valence-corrected chi connectivity index (χ2v) is 3.35. The van der Waals surface area contributed by atoms with Gasteiger partial charge in [-0.1, -0.05) is 17.3 Å².